The van der Waals surface area contributed by atoms with E-state index < -0.39 is 0 Å². The van der Waals surface area contributed by atoms with Gasteiger partial charge in [0.05, 0.1) is 0 Å². The van der Waals surface area contributed by atoms with Crippen molar-refractivity contribution in [1.29, 1.82) is 0 Å². The minimum atomic E-state index is -0.106. The molecule has 2 aliphatic rings. The van der Waals surface area contributed by atoms with Crippen LogP contribution in [0.4, 0.5) is 10.1 Å². The second-order valence-corrected chi connectivity index (χ2v) is 7.24. The van der Waals surface area contributed by atoms with Gasteiger partial charge in [-0.05, 0) is 49.4 Å². The van der Waals surface area contributed by atoms with Crippen LogP contribution in [0.2, 0.25) is 0 Å². The third-order valence-corrected chi connectivity index (χ3v) is 5.36. The monoisotopic (exact) mass is 290 g/mol. The lowest BCUT2D eigenvalue weighted by atomic mass is 9.88. The molecule has 0 aromatic heterocycles. The molecular formula is C18H27FN2. The average molecular weight is 290 g/mol. The van der Waals surface area contributed by atoms with Gasteiger partial charge >= 0.3 is 0 Å². The highest BCUT2D eigenvalue weighted by molar-refractivity contribution is 5.51. The number of hydrogen-bond acceptors (Lipinski definition) is 2. The smallest absolute Gasteiger partial charge is 0.126 e. The Morgan fingerprint density at radius 1 is 1.29 bits per heavy atom. The lowest BCUT2D eigenvalue weighted by Crippen LogP contribution is -2.64. The van der Waals surface area contributed by atoms with Crippen molar-refractivity contribution in [3.8, 4) is 0 Å². The SMILES string of the molecule is Cc1cc(N2CC3(CCCC3)NCC2C(C)C)ccc1F. The number of halogens is 1. The number of anilines is 1. The summed E-state index contributed by atoms with van der Waals surface area (Å²) in [6.07, 6.45) is 5.20. The van der Waals surface area contributed by atoms with Crippen LogP contribution in [-0.4, -0.2) is 24.7 Å². The number of rotatable bonds is 2. The summed E-state index contributed by atoms with van der Waals surface area (Å²) in [5.74, 6) is 0.479. The van der Waals surface area contributed by atoms with Gasteiger partial charge in [-0.3, -0.25) is 0 Å². The Morgan fingerprint density at radius 3 is 2.62 bits per heavy atom. The fourth-order valence-corrected chi connectivity index (χ4v) is 4.00. The van der Waals surface area contributed by atoms with Crippen molar-refractivity contribution in [3.05, 3.63) is 29.6 Å². The Bertz CT molecular complexity index is 506. The molecule has 1 aromatic carbocycles. The first kappa shape index (κ1) is 14.8. The second-order valence-electron chi connectivity index (χ2n) is 7.24. The molecule has 1 aliphatic carbocycles. The number of aryl methyl sites for hydroxylation is 1. The molecule has 0 radical (unpaired) electrons. The molecule has 116 valence electrons. The topological polar surface area (TPSA) is 15.3 Å². The maximum atomic E-state index is 13.6. The van der Waals surface area contributed by atoms with E-state index in [1.807, 2.05) is 19.1 Å². The predicted molar refractivity (Wildman–Crippen MR) is 86.3 cm³/mol. The van der Waals surface area contributed by atoms with Gasteiger partial charge in [0.15, 0.2) is 0 Å². The Kier molecular flexibility index (Phi) is 3.96. The highest BCUT2D eigenvalue weighted by atomic mass is 19.1. The zero-order valence-electron chi connectivity index (χ0n) is 13.5. The van der Waals surface area contributed by atoms with Crippen LogP contribution in [0.3, 0.4) is 0 Å². The normalized spacial score (nSPS) is 25.0. The lowest BCUT2D eigenvalue weighted by Gasteiger charge is -2.49. The molecule has 1 unspecified atom stereocenters. The number of nitrogens with zero attached hydrogens (tertiary/aromatic N) is 1. The number of piperazine rings is 1. The van der Waals surface area contributed by atoms with Crippen LogP contribution in [0.5, 0.6) is 0 Å². The van der Waals surface area contributed by atoms with Crippen LogP contribution in [0.1, 0.15) is 45.1 Å². The molecule has 21 heavy (non-hydrogen) atoms. The highest BCUT2D eigenvalue weighted by Gasteiger charge is 2.41. The molecule has 1 atom stereocenters. The standard InChI is InChI=1S/C18H27FN2/c1-13(2)17-11-20-18(8-4-5-9-18)12-21(17)15-6-7-16(19)14(3)10-15/h6-7,10,13,17,20H,4-5,8-9,11-12H2,1-3H3. The second kappa shape index (κ2) is 5.60. The summed E-state index contributed by atoms with van der Waals surface area (Å²) in [7, 11) is 0. The van der Waals surface area contributed by atoms with Crippen LogP contribution in [-0.2, 0) is 0 Å². The first-order valence-electron chi connectivity index (χ1n) is 8.29. The maximum Gasteiger partial charge on any atom is 0.126 e. The molecule has 1 N–H and O–H groups in total. The first-order valence-corrected chi connectivity index (χ1v) is 8.29. The van der Waals surface area contributed by atoms with Crippen LogP contribution in [0, 0.1) is 18.7 Å². The molecule has 1 aliphatic heterocycles. The fraction of sp³-hybridized carbons (Fsp3) is 0.667. The van der Waals surface area contributed by atoms with E-state index in [9.17, 15) is 4.39 Å². The third kappa shape index (κ3) is 2.80. The molecule has 2 fully saturated rings. The Morgan fingerprint density at radius 2 is 2.00 bits per heavy atom. The van der Waals surface area contributed by atoms with Gasteiger partial charge in [0.2, 0.25) is 0 Å². The summed E-state index contributed by atoms with van der Waals surface area (Å²) in [6, 6.07) is 6.07. The lowest BCUT2D eigenvalue weighted by molar-refractivity contribution is 0.245. The van der Waals surface area contributed by atoms with Crippen LogP contribution >= 0.6 is 0 Å². The first-order chi connectivity index (χ1) is 10.0. The Labute approximate surface area is 127 Å². The Balaban J connectivity index is 1.91. The summed E-state index contributed by atoms with van der Waals surface area (Å²) < 4.78 is 13.6. The molecule has 1 saturated carbocycles. The summed E-state index contributed by atoms with van der Waals surface area (Å²) in [4.78, 5) is 2.53. The summed E-state index contributed by atoms with van der Waals surface area (Å²) >= 11 is 0. The minimum absolute atomic E-state index is 0.106. The van der Waals surface area contributed by atoms with Crippen molar-refractivity contribution >= 4 is 5.69 Å². The van der Waals surface area contributed by atoms with Gasteiger partial charge in [-0.1, -0.05) is 26.7 Å². The zero-order valence-corrected chi connectivity index (χ0v) is 13.5. The zero-order chi connectivity index (χ0) is 15.0. The summed E-state index contributed by atoms with van der Waals surface area (Å²) in [5, 5.41) is 3.84. The van der Waals surface area contributed by atoms with Gasteiger partial charge in [-0.25, -0.2) is 4.39 Å². The molecule has 2 nitrogen and oxygen atoms in total. The molecule has 3 heteroatoms. The van der Waals surface area contributed by atoms with E-state index in [0.29, 0.717) is 12.0 Å². The van der Waals surface area contributed by atoms with Crippen LogP contribution in [0.15, 0.2) is 18.2 Å². The molecule has 1 heterocycles. The van der Waals surface area contributed by atoms with Gasteiger partial charge in [-0.15, -0.1) is 0 Å². The number of benzene rings is 1. The summed E-state index contributed by atoms with van der Waals surface area (Å²) in [5.41, 5.74) is 2.21. The van der Waals surface area contributed by atoms with E-state index in [1.54, 1.807) is 6.07 Å². The fourth-order valence-electron chi connectivity index (χ4n) is 4.00. The van der Waals surface area contributed by atoms with E-state index in [1.165, 1.54) is 31.4 Å². The molecule has 1 spiro atoms. The van der Waals surface area contributed by atoms with Crippen molar-refractivity contribution in [1.82, 2.24) is 5.32 Å². The van der Waals surface area contributed by atoms with Gasteiger partial charge in [0.1, 0.15) is 5.82 Å². The van der Waals surface area contributed by atoms with Crippen molar-refractivity contribution in [2.75, 3.05) is 18.0 Å². The van der Waals surface area contributed by atoms with E-state index in [-0.39, 0.29) is 11.4 Å². The van der Waals surface area contributed by atoms with E-state index in [0.717, 1.165) is 18.7 Å². The van der Waals surface area contributed by atoms with Crippen LogP contribution in [0.25, 0.3) is 0 Å². The summed E-state index contributed by atoms with van der Waals surface area (Å²) in [6.45, 7) is 8.51. The molecule has 3 rings (SSSR count). The van der Waals surface area contributed by atoms with Gasteiger partial charge < -0.3 is 10.2 Å². The highest BCUT2D eigenvalue weighted by Crippen LogP contribution is 2.36. The quantitative estimate of drug-likeness (QED) is 0.889. The van der Waals surface area contributed by atoms with Crippen molar-refractivity contribution in [3.63, 3.8) is 0 Å². The third-order valence-electron chi connectivity index (χ3n) is 5.36. The van der Waals surface area contributed by atoms with Crippen molar-refractivity contribution < 1.29 is 4.39 Å². The van der Waals surface area contributed by atoms with Crippen molar-refractivity contribution in [2.24, 2.45) is 5.92 Å². The van der Waals surface area contributed by atoms with E-state index >= 15 is 0 Å². The van der Waals surface area contributed by atoms with Gasteiger partial charge in [0, 0.05) is 30.4 Å². The minimum Gasteiger partial charge on any atom is -0.365 e. The number of nitrogens with one attached hydrogen (secondary N) is 1. The van der Waals surface area contributed by atoms with E-state index in [4.69, 9.17) is 0 Å². The molecular weight excluding hydrogens is 263 g/mol. The Hall–Kier alpha value is -1.09. The molecule has 0 amide bonds. The van der Waals surface area contributed by atoms with Crippen LogP contribution < -0.4 is 10.2 Å². The predicted octanol–water partition coefficient (Wildman–Crippen LogP) is 3.88. The van der Waals surface area contributed by atoms with Gasteiger partial charge in [-0.2, -0.15) is 0 Å². The van der Waals surface area contributed by atoms with Crippen molar-refractivity contribution in [2.45, 2.75) is 58.0 Å². The molecule has 0 bridgehead atoms. The largest absolute Gasteiger partial charge is 0.365 e. The average Bonchev–Trinajstić information content (AvgIpc) is 2.89. The molecule has 1 aromatic rings. The van der Waals surface area contributed by atoms with Gasteiger partial charge in [0.25, 0.3) is 0 Å². The number of hydrogen-bond donors (Lipinski definition) is 1. The molecule has 1 saturated heterocycles. The van der Waals surface area contributed by atoms with E-state index in [2.05, 4.69) is 24.1 Å². The maximum absolute atomic E-state index is 13.6.